The molecule has 0 bridgehead atoms. The van der Waals surface area contributed by atoms with E-state index >= 15 is 0 Å². The van der Waals surface area contributed by atoms with E-state index < -0.39 is 0 Å². The fourth-order valence-corrected chi connectivity index (χ4v) is 2.21. The van der Waals surface area contributed by atoms with Crippen molar-refractivity contribution in [2.45, 2.75) is 13.0 Å². The Morgan fingerprint density at radius 3 is 2.24 bits per heavy atom. The van der Waals surface area contributed by atoms with Gasteiger partial charge in [-0.05, 0) is 23.7 Å². The molecule has 0 saturated carbocycles. The van der Waals surface area contributed by atoms with Gasteiger partial charge >= 0.3 is 5.97 Å². The molecule has 0 radical (unpaired) electrons. The molecular weight excluding hydrogens is 262 g/mol. The minimum absolute atomic E-state index is 0.165. The molecule has 3 nitrogen and oxygen atoms in total. The Labute approximate surface area is 126 Å². The highest BCUT2D eigenvalue weighted by atomic mass is 16.5. The Kier molecular flexibility index (Phi) is 5.52. The third-order valence-electron chi connectivity index (χ3n) is 3.44. The van der Waals surface area contributed by atoms with Crippen LogP contribution in [-0.4, -0.2) is 31.6 Å². The zero-order valence-electron chi connectivity index (χ0n) is 12.6. The van der Waals surface area contributed by atoms with E-state index in [1.807, 2.05) is 25.2 Å². The third-order valence-corrected chi connectivity index (χ3v) is 3.44. The highest BCUT2D eigenvalue weighted by molar-refractivity contribution is 5.69. The summed E-state index contributed by atoms with van der Waals surface area (Å²) in [5.74, 6) is -0.165. The number of hydrogen-bond acceptors (Lipinski definition) is 3. The van der Waals surface area contributed by atoms with Crippen LogP contribution in [-0.2, 0) is 16.1 Å². The van der Waals surface area contributed by atoms with Gasteiger partial charge in [-0.25, -0.2) is 0 Å². The molecule has 0 aromatic heterocycles. The van der Waals surface area contributed by atoms with Crippen LogP contribution in [0, 0.1) is 0 Å². The lowest BCUT2D eigenvalue weighted by molar-refractivity contribution is -0.140. The Morgan fingerprint density at radius 1 is 1.00 bits per heavy atom. The molecule has 3 heteroatoms. The van der Waals surface area contributed by atoms with Crippen molar-refractivity contribution in [2.75, 3.05) is 20.7 Å². The minimum atomic E-state index is -0.165. The highest BCUT2D eigenvalue weighted by Gasteiger charge is 2.05. The average Bonchev–Trinajstić information content (AvgIpc) is 2.54. The number of benzene rings is 2. The molecule has 21 heavy (non-hydrogen) atoms. The topological polar surface area (TPSA) is 29.5 Å². The maximum Gasteiger partial charge on any atom is 0.306 e. The molecule has 110 valence electrons. The Balaban J connectivity index is 1.92. The van der Waals surface area contributed by atoms with E-state index in [9.17, 15) is 4.79 Å². The summed E-state index contributed by atoms with van der Waals surface area (Å²) in [4.78, 5) is 13.2. The van der Waals surface area contributed by atoms with Gasteiger partial charge in [0.15, 0.2) is 0 Å². The van der Waals surface area contributed by atoms with Crippen LogP contribution in [0.2, 0.25) is 0 Å². The molecule has 0 N–H and O–H groups in total. The van der Waals surface area contributed by atoms with E-state index in [4.69, 9.17) is 0 Å². The standard InChI is InChI=1S/C18H21NO2/c1-19(13-12-18(20)21-2)14-15-8-10-17(11-9-15)16-6-4-3-5-7-16/h3-11H,12-14H2,1-2H3. The van der Waals surface area contributed by atoms with Gasteiger partial charge in [-0.2, -0.15) is 0 Å². The van der Waals surface area contributed by atoms with Crippen LogP contribution in [0.1, 0.15) is 12.0 Å². The van der Waals surface area contributed by atoms with Crippen molar-refractivity contribution in [1.29, 1.82) is 0 Å². The van der Waals surface area contributed by atoms with Crippen LogP contribution in [0.25, 0.3) is 11.1 Å². The summed E-state index contributed by atoms with van der Waals surface area (Å²) < 4.78 is 4.65. The van der Waals surface area contributed by atoms with E-state index in [0.29, 0.717) is 13.0 Å². The second-order valence-electron chi connectivity index (χ2n) is 5.13. The lowest BCUT2D eigenvalue weighted by Gasteiger charge is -2.16. The van der Waals surface area contributed by atoms with Crippen LogP contribution in [0.15, 0.2) is 54.6 Å². The molecule has 0 fully saturated rings. The summed E-state index contributed by atoms with van der Waals surface area (Å²) in [5, 5.41) is 0. The summed E-state index contributed by atoms with van der Waals surface area (Å²) in [7, 11) is 3.43. The fourth-order valence-electron chi connectivity index (χ4n) is 2.21. The zero-order chi connectivity index (χ0) is 15.1. The molecule has 0 saturated heterocycles. The fraction of sp³-hybridized carbons (Fsp3) is 0.278. The van der Waals surface area contributed by atoms with Gasteiger partial charge in [-0.1, -0.05) is 54.6 Å². The SMILES string of the molecule is COC(=O)CCN(C)Cc1ccc(-c2ccccc2)cc1. The van der Waals surface area contributed by atoms with Gasteiger partial charge in [0.25, 0.3) is 0 Å². The van der Waals surface area contributed by atoms with Gasteiger partial charge in [-0.3, -0.25) is 4.79 Å². The number of carbonyl (C=O) groups excluding carboxylic acids is 1. The van der Waals surface area contributed by atoms with Gasteiger partial charge in [0, 0.05) is 13.1 Å². The predicted octanol–water partition coefficient (Wildman–Crippen LogP) is 3.35. The van der Waals surface area contributed by atoms with Crippen LogP contribution in [0.3, 0.4) is 0 Å². The monoisotopic (exact) mass is 283 g/mol. The van der Waals surface area contributed by atoms with Crippen molar-refractivity contribution in [3.05, 3.63) is 60.2 Å². The Morgan fingerprint density at radius 2 is 1.62 bits per heavy atom. The molecule has 0 unspecified atom stereocenters. The zero-order valence-corrected chi connectivity index (χ0v) is 12.6. The molecule has 0 aliphatic rings. The molecule has 2 aromatic carbocycles. The first-order valence-corrected chi connectivity index (χ1v) is 7.09. The Bertz CT molecular complexity index is 564. The molecule has 0 aliphatic carbocycles. The largest absolute Gasteiger partial charge is 0.469 e. The summed E-state index contributed by atoms with van der Waals surface area (Å²) in [6.07, 6.45) is 0.426. The second-order valence-corrected chi connectivity index (χ2v) is 5.13. The first-order chi connectivity index (χ1) is 10.2. The van der Waals surface area contributed by atoms with Crippen molar-refractivity contribution in [2.24, 2.45) is 0 Å². The van der Waals surface area contributed by atoms with Crippen LogP contribution >= 0.6 is 0 Å². The smallest absolute Gasteiger partial charge is 0.306 e. The summed E-state index contributed by atoms with van der Waals surface area (Å²) >= 11 is 0. The van der Waals surface area contributed by atoms with E-state index in [2.05, 4.69) is 46.0 Å². The van der Waals surface area contributed by atoms with E-state index in [1.165, 1.54) is 23.8 Å². The molecule has 2 aromatic rings. The van der Waals surface area contributed by atoms with Gasteiger partial charge in [0.1, 0.15) is 0 Å². The van der Waals surface area contributed by atoms with Crippen LogP contribution in [0.5, 0.6) is 0 Å². The minimum Gasteiger partial charge on any atom is -0.469 e. The van der Waals surface area contributed by atoms with Gasteiger partial charge in [0.05, 0.1) is 13.5 Å². The normalized spacial score (nSPS) is 10.6. The highest BCUT2D eigenvalue weighted by Crippen LogP contribution is 2.19. The molecule has 0 aliphatic heterocycles. The number of ether oxygens (including phenoxy) is 1. The lowest BCUT2D eigenvalue weighted by atomic mass is 10.0. The van der Waals surface area contributed by atoms with Crippen molar-refractivity contribution >= 4 is 5.97 Å². The van der Waals surface area contributed by atoms with Gasteiger partial charge in [-0.15, -0.1) is 0 Å². The molecule has 2 rings (SSSR count). The number of carbonyl (C=O) groups is 1. The van der Waals surface area contributed by atoms with Crippen molar-refractivity contribution < 1.29 is 9.53 Å². The Hall–Kier alpha value is -2.13. The number of esters is 1. The predicted molar refractivity (Wildman–Crippen MR) is 84.8 cm³/mol. The maximum atomic E-state index is 11.1. The number of nitrogens with zero attached hydrogens (tertiary/aromatic N) is 1. The molecule has 0 amide bonds. The van der Waals surface area contributed by atoms with E-state index in [0.717, 1.165) is 6.54 Å². The summed E-state index contributed by atoms with van der Waals surface area (Å²) in [5.41, 5.74) is 3.68. The van der Waals surface area contributed by atoms with Crippen molar-refractivity contribution in [1.82, 2.24) is 4.90 Å². The number of hydrogen-bond donors (Lipinski definition) is 0. The number of methoxy groups -OCH3 is 1. The first-order valence-electron chi connectivity index (χ1n) is 7.09. The summed E-state index contributed by atoms with van der Waals surface area (Å²) in [6, 6.07) is 18.9. The second kappa shape index (κ2) is 7.60. The van der Waals surface area contributed by atoms with Crippen LogP contribution in [0.4, 0.5) is 0 Å². The molecule has 0 spiro atoms. The van der Waals surface area contributed by atoms with E-state index in [1.54, 1.807) is 0 Å². The molecule has 0 atom stereocenters. The maximum absolute atomic E-state index is 11.1. The average molecular weight is 283 g/mol. The lowest BCUT2D eigenvalue weighted by Crippen LogP contribution is -2.21. The molecule has 0 heterocycles. The van der Waals surface area contributed by atoms with E-state index in [-0.39, 0.29) is 5.97 Å². The molecular formula is C18H21NO2. The van der Waals surface area contributed by atoms with Crippen molar-refractivity contribution in [3.63, 3.8) is 0 Å². The van der Waals surface area contributed by atoms with Gasteiger partial charge in [0.2, 0.25) is 0 Å². The summed E-state index contributed by atoms with van der Waals surface area (Å²) in [6.45, 7) is 1.53. The van der Waals surface area contributed by atoms with Crippen LogP contribution < -0.4 is 0 Å². The first kappa shape index (κ1) is 15.3. The number of rotatable bonds is 6. The van der Waals surface area contributed by atoms with Gasteiger partial charge < -0.3 is 9.64 Å². The quantitative estimate of drug-likeness (QED) is 0.761. The third kappa shape index (κ3) is 4.72. The van der Waals surface area contributed by atoms with Crippen molar-refractivity contribution in [3.8, 4) is 11.1 Å².